The summed E-state index contributed by atoms with van der Waals surface area (Å²) >= 11 is 0. The average Bonchev–Trinajstić information content (AvgIpc) is 2.81. The Morgan fingerprint density at radius 2 is 2.00 bits per heavy atom. The molecule has 0 bridgehead atoms. The van der Waals surface area contributed by atoms with Gasteiger partial charge in [0.25, 0.3) is 0 Å². The maximum atomic E-state index is 12.1. The number of hydrogen-bond acceptors (Lipinski definition) is 1. The zero-order chi connectivity index (χ0) is 11.5. The molecule has 2 rings (SSSR count). The van der Waals surface area contributed by atoms with Gasteiger partial charge in [0.15, 0.2) is 5.78 Å². The highest BCUT2D eigenvalue weighted by atomic mass is 16.1. The van der Waals surface area contributed by atoms with E-state index in [1.165, 1.54) is 18.4 Å². The molecule has 0 saturated heterocycles. The number of hydrogen-bond donors (Lipinski definition) is 0. The van der Waals surface area contributed by atoms with Crippen LogP contribution in [0.3, 0.4) is 0 Å². The quantitative estimate of drug-likeness (QED) is 0.697. The van der Waals surface area contributed by atoms with Crippen LogP contribution in [0.25, 0.3) is 0 Å². The SMILES string of the molecule is CC(C)c1[c]cc(C(=O)C2CCCC2)cc1. The molecule has 1 saturated carbocycles. The molecule has 1 nitrogen and oxygen atoms in total. The summed E-state index contributed by atoms with van der Waals surface area (Å²) in [6.07, 6.45) is 4.57. The zero-order valence-electron chi connectivity index (χ0n) is 10.1. The first-order chi connectivity index (χ1) is 7.68. The Morgan fingerprint density at radius 3 is 2.50 bits per heavy atom. The van der Waals surface area contributed by atoms with Gasteiger partial charge >= 0.3 is 0 Å². The lowest BCUT2D eigenvalue weighted by Gasteiger charge is -2.09. The monoisotopic (exact) mass is 215 g/mol. The molecule has 1 radical (unpaired) electrons. The molecule has 0 atom stereocenters. The lowest BCUT2D eigenvalue weighted by atomic mass is 9.94. The van der Waals surface area contributed by atoms with Gasteiger partial charge < -0.3 is 0 Å². The molecule has 16 heavy (non-hydrogen) atoms. The summed E-state index contributed by atoms with van der Waals surface area (Å²) in [6.45, 7) is 4.29. The van der Waals surface area contributed by atoms with Crippen LogP contribution < -0.4 is 0 Å². The number of rotatable bonds is 3. The number of carbonyl (C=O) groups is 1. The van der Waals surface area contributed by atoms with E-state index < -0.39 is 0 Å². The summed E-state index contributed by atoms with van der Waals surface area (Å²) in [6, 6.07) is 9.09. The summed E-state index contributed by atoms with van der Waals surface area (Å²) < 4.78 is 0. The van der Waals surface area contributed by atoms with Gasteiger partial charge in [0.2, 0.25) is 0 Å². The third-order valence-electron chi connectivity index (χ3n) is 3.47. The van der Waals surface area contributed by atoms with E-state index in [-0.39, 0.29) is 5.92 Å². The molecule has 0 heterocycles. The van der Waals surface area contributed by atoms with Gasteiger partial charge in [-0.3, -0.25) is 4.79 Å². The maximum absolute atomic E-state index is 12.1. The summed E-state index contributed by atoms with van der Waals surface area (Å²) in [4.78, 5) is 12.1. The summed E-state index contributed by atoms with van der Waals surface area (Å²) in [5.74, 6) is 1.08. The second-order valence-electron chi connectivity index (χ2n) is 5.03. The normalized spacial score (nSPS) is 16.9. The van der Waals surface area contributed by atoms with Gasteiger partial charge in [0.05, 0.1) is 0 Å². The first-order valence-corrected chi connectivity index (χ1v) is 6.24. The van der Waals surface area contributed by atoms with Crippen molar-refractivity contribution in [3.05, 3.63) is 35.4 Å². The van der Waals surface area contributed by atoms with Crippen molar-refractivity contribution in [2.75, 3.05) is 0 Å². The summed E-state index contributed by atoms with van der Waals surface area (Å²) in [7, 11) is 0. The van der Waals surface area contributed by atoms with Gasteiger partial charge in [0.1, 0.15) is 0 Å². The Balaban J connectivity index is 2.11. The topological polar surface area (TPSA) is 17.1 Å². The van der Waals surface area contributed by atoms with Crippen LogP contribution >= 0.6 is 0 Å². The highest BCUT2D eigenvalue weighted by molar-refractivity contribution is 5.97. The summed E-state index contributed by atoms with van der Waals surface area (Å²) in [5.41, 5.74) is 2.03. The highest BCUT2D eigenvalue weighted by Gasteiger charge is 2.23. The van der Waals surface area contributed by atoms with Crippen LogP contribution in [-0.2, 0) is 0 Å². The van der Waals surface area contributed by atoms with Crippen LogP contribution in [0.1, 0.15) is 61.4 Å². The molecule has 0 amide bonds. The van der Waals surface area contributed by atoms with Crippen LogP contribution in [0, 0.1) is 12.0 Å². The van der Waals surface area contributed by atoms with Crippen molar-refractivity contribution >= 4 is 5.78 Å². The van der Waals surface area contributed by atoms with Crippen LogP contribution in [0.4, 0.5) is 0 Å². The molecule has 0 unspecified atom stereocenters. The molecule has 1 aromatic rings. The van der Waals surface area contributed by atoms with E-state index in [1.807, 2.05) is 18.2 Å². The molecule has 0 N–H and O–H groups in total. The molecular weight excluding hydrogens is 196 g/mol. The standard InChI is InChI=1S/C15H19O/c1-11(2)12-7-9-14(10-8-12)15(16)13-5-3-4-6-13/h7,9-11,13H,3-6H2,1-2H3. The van der Waals surface area contributed by atoms with Gasteiger partial charge in [-0.1, -0.05) is 38.8 Å². The van der Waals surface area contributed by atoms with E-state index >= 15 is 0 Å². The Labute approximate surface area is 97.9 Å². The minimum absolute atomic E-state index is 0.276. The van der Waals surface area contributed by atoms with Crippen LogP contribution in [0.2, 0.25) is 0 Å². The van der Waals surface area contributed by atoms with Gasteiger partial charge in [0, 0.05) is 11.5 Å². The minimum Gasteiger partial charge on any atom is -0.294 e. The highest BCUT2D eigenvalue weighted by Crippen LogP contribution is 2.28. The lowest BCUT2D eigenvalue weighted by Crippen LogP contribution is -2.10. The van der Waals surface area contributed by atoms with Gasteiger partial charge in [-0.15, -0.1) is 0 Å². The number of Topliss-reactive ketones (excluding diaryl/α,β-unsaturated/α-hetero) is 1. The van der Waals surface area contributed by atoms with E-state index in [2.05, 4.69) is 19.9 Å². The predicted octanol–water partition coefficient (Wildman–Crippen LogP) is 3.98. The van der Waals surface area contributed by atoms with Crippen LogP contribution in [0.15, 0.2) is 18.2 Å². The predicted molar refractivity (Wildman–Crippen MR) is 65.7 cm³/mol. The molecule has 1 aliphatic rings. The van der Waals surface area contributed by atoms with E-state index in [0.717, 1.165) is 18.4 Å². The maximum Gasteiger partial charge on any atom is 0.165 e. The Kier molecular flexibility index (Phi) is 3.42. The molecule has 1 aromatic carbocycles. The molecule has 1 fully saturated rings. The van der Waals surface area contributed by atoms with Crippen LogP contribution in [0.5, 0.6) is 0 Å². The van der Waals surface area contributed by atoms with Crippen molar-refractivity contribution in [1.29, 1.82) is 0 Å². The first kappa shape index (κ1) is 11.4. The minimum atomic E-state index is 0.276. The lowest BCUT2D eigenvalue weighted by molar-refractivity contribution is 0.0923. The van der Waals surface area contributed by atoms with Gasteiger partial charge in [-0.25, -0.2) is 0 Å². The molecule has 1 heteroatoms. The first-order valence-electron chi connectivity index (χ1n) is 6.24. The smallest absolute Gasteiger partial charge is 0.165 e. The number of benzene rings is 1. The van der Waals surface area contributed by atoms with Crippen molar-refractivity contribution in [3.8, 4) is 0 Å². The van der Waals surface area contributed by atoms with Crippen molar-refractivity contribution in [1.82, 2.24) is 0 Å². The zero-order valence-corrected chi connectivity index (χ0v) is 10.1. The van der Waals surface area contributed by atoms with E-state index in [0.29, 0.717) is 11.7 Å². The molecule has 85 valence electrons. The van der Waals surface area contributed by atoms with E-state index in [9.17, 15) is 4.79 Å². The largest absolute Gasteiger partial charge is 0.294 e. The molecular formula is C15H19O. The fourth-order valence-electron chi connectivity index (χ4n) is 2.37. The average molecular weight is 215 g/mol. The summed E-state index contributed by atoms with van der Waals surface area (Å²) in [5, 5.41) is 0. The molecule has 1 aliphatic carbocycles. The van der Waals surface area contributed by atoms with Gasteiger partial charge in [-0.2, -0.15) is 0 Å². The Morgan fingerprint density at radius 1 is 1.31 bits per heavy atom. The van der Waals surface area contributed by atoms with Crippen molar-refractivity contribution in [2.24, 2.45) is 5.92 Å². The van der Waals surface area contributed by atoms with Crippen LogP contribution in [-0.4, -0.2) is 5.78 Å². The number of carbonyl (C=O) groups excluding carboxylic acids is 1. The van der Waals surface area contributed by atoms with E-state index in [4.69, 9.17) is 0 Å². The fraction of sp³-hybridized carbons (Fsp3) is 0.533. The van der Waals surface area contributed by atoms with Crippen molar-refractivity contribution < 1.29 is 4.79 Å². The third-order valence-corrected chi connectivity index (χ3v) is 3.47. The van der Waals surface area contributed by atoms with E-state index in [1.54, 1.807) is 0 Å². The van der Waals surface area contributed by atoms with Crippen molar-refractivity contribution in [2.45, 2.75) is 45.4 Å². The molecule has 0 aliphatic heterocycles. The molecule has 0 aromatic heterocycles. The third kappa shape index (κ3) is 2.34. The Hall–Kier alpha value is -1.11. The number of ketones is 1. The second kappa shape index (κ2) is 4.82. The van der Waals surface area contributed by atoms with Gasteiger partial charge in [-0.05, 0) is 36.5 Å². The Bertz CT molecular complexity index is 356. The molecule has 0 spiro atoms. The fourth-order valence-corrected chi connectivity index (χ4v) is 2.37. The second-order valence-corrected chi connectivity index (χ2v) is 5.03. The van der Waals surface area contributed by atoms with Crippen molar-refractivity contribution in [3.63, 3.8) is 0 Å².